The predicted molar refractivity (Wildman–Crippen MR) is 172 cm³/mol. The molecule has 1 heterocycles. The van der Waals surface area contributed by atoms with E-state index in [2.05, 4.69) is 20.6 Å². The van der Waals surface area contributed by atoms with Crippen LogP contribution in [0.2, 0.25) is 0 Å². The van der Waals surface area contributed by atoms with Crippen LogP contribution in [0.25, 0.3) is 0 Å². The Morgan fingerprint density at radius 1 is 0.500 bits per heavy atom. The molecule has 0 aromatic carbocycles. The Balaban J connectivity index is 0. The summed E-state index contributed by atoms with van der Waals surface area (Å²) in [5, 5.41) is 5.37. The summed E-state index contributed by atoms with van der Waals surface area (Å²) in [6.07, 6.45) is 2.80. The molecule has 44 heavy (non-hydrogen) atoms. The molecule has 0 aliphatic rings. The largest absolute Gasteiger partial charge is 0.382 e. The highest BCUT2D eigenvalue weighted by molar-refractivity contribution is 6.00. The summed E-state index contributed by atoms with van der Waals surface area (Å²) in [7, 11) is 0. The first kappa shape index (κ1) is 44.0. The Labute approximate surface area is 272 Å². The Kier molecular flexibility index (Phi) is 30.9. The quantitative estimate of drug-likeness (QED) is 0.0615. The van der Waals surface area contributed by atoms with Crippen molar-refractivity contribution >= 4 is 48.3 Å². The number of nitrogens with zero attached hydrogens (tertiary/aromatic N) is 2. The number of nitrogen functional groups attached to an aromatic ring is 2. The minimum absolute atomic E-state index is 0. The molecule has 1 rings (SSSR count). The number of carbonyl (C=O) groups excluding carboxylic acids is 2. The minimum atomic E-state index is -0.545. The third-order valence-electron chi connectivity index (χ3n) is 5.36. The highest BCUT2D eigenvalue weighted by atomic mass is 35.5. The monoisotopic (exact) mass is 674 g/mol. The van der Waals surface area contributed by atoms with Crippen molar-refractivity contribution < 1.29 is 38.0 Å². The highest BCUT2D eigenvalue weighted by Crippen LogP contribution is 2.13. The first-order valence-corrected chi connectivity index (χ1v) is 14.4. The number of rotatable bonds is 28. The van der Waals surface area contributed by atoms with Crippen LogP contribution < -0.4 is 33.6 Å². The molecule has 16 nitrogen and oxygen atoms in total. The van der Waals surface area contributed by atoms with Gasteiger partial charge in [-0.3, -0.25) is 9.59 Å². The zero-order valence-electron chi connectivity index (χ0n) is 25.4. The lowest BCUT2D eigenvalue weighted by Gasteiger charge is -2.11. The molecular formula is C26H52Cl2N8O8. The summed E-state index contributed by atoms with van der Waals surface area (Å²) in [4.78, 5) is 32.9. The number of aromatic nitrogens is 2. The second-order valence-corrected chi connectivity index (χ2v) is 8.87. The normalized spacial score (nSPS) is 10.6. The molecule has 0 atom stereocenters. The van der Waals surface area contributed by atoms with E-state index in [0.717, 1.165) is 12.8 Å². The van der Waals surface area contributed by atoms with Gasteiger partial charge in [-0.2, -0.15) is 0 Å². The number of hydrogen-bond acceptors (Lipinski definition) is 14. The molecule has 1 aromatic heterocycles. The number of ether oxygens (including phenoxy) is 6. The van der Waals surface area contributed by atoms with Crippen molar-refractivity contribution in [2.24, 2.45) is 11.5 Å². The van der Waals surface area contributed by atoms with Gasteiger partial charge in [-0.05, 0) is 38.8 Å². The summed E-state index contributed by atoms with van der Waals surface area (Å²) in [6, 6.07) is 0. The van der Waals surface area contributed by atoms with Gasteiger partial charge in [0, 0.05) is 39.5 Å². The van der Waals surface area contributed by atoms with Crippen LogP contribution in [0.3, 0.4) is 0 Å². The van der Waals surface area contributed by atoms with E-state index < -0.39 is 11.8 Å². The lowest BCUT2D eigenvalue weighted by atomic mass is 10.3. The number of nitrogens with two attached hydrogens (primary N) is 4. The van der Waals surface area contributed by atoms with Gasteiger partial charge in [0.2, 0.25) is 0 Å². The summed E-state index contributed by atoms with van der Waals surface area (Å²) < 4.78 is 32.4. The van der Waals surface area contributed by atoms with E-state index in [-0.39, 0.29) is 47.8 Å². The van der Waals surface area contributed by atoms with Gasteiger partial charge >= 0.3 is 0 Å². The number of carbonyl (C=O) groups is 2. The van der Waals surface area contributed by atoms with Gasteiger partial charge in [-0.25, -0.2) is 9.97 Å². The van der Waals surface area contributed by atoms with Crippen LogP contribution in [0.1, 0.15) is 46.7 Å². The third kappa shape index (κ3) is 22.4. The molecular weight excluding hydrogens is 623 g/mol. The molecule has 0 radical (unpaired) electrons. The number of hydrogen-bond donors (Lipinski definition) is 6. The molecule has 0 aliphatic heterocycles. The Morgan fingerprint density at radius 2 is 0.773 bits per heavy atom. The maximum Gasteiger partial charge on any atom is 0.273 e. The molecule has 0 bridgehead atoms. The predicted octanol–water partition coefficient (Wildman–Crippen LogP) is -0.478. The van der Waals surface area contributed by atoms with Crippen LogP contribution in [-0.2, 0) is 28.4 Å². The summed E-state index contributed by atoms with van der Waals surface area (Å²) in [5.74, 6) is -1.48. The van der Waals surface area contributed by atoms with Crippen LogP contribution in [0.4, 0.5) is 11.6 Å². The van der Waals surface area contributed by atoms with E-state index in [4.69, 9.17) is 51.4 Å². The van der Waals surface area contributed by atoms with Gasteiger partial charge in [0.15, 0.2) is 23.0 Å². The first-order chi connectivity index (χ1) is 20.5. The fourth-order valence-corrected chi connectivity index (χ4v) is 3.17. The van der Waals surface area contributed by atoms with Crippen molar-refractivity contribution in [3.63, 3.8) is 0 Å². The van der Waals surface area contributed by atoms with Gasteiger partial charge in [0.1, 0.15) is 0 Å². The lowest BCUT2D eigenvalue weighted by Crippen LogP contribution is -2.31. The summed E-state index contributed by atoms with van der Waals surface area (Å²) in [6.45, 7) is 7.82. The van der Waals surface area contributed by atoms with Crippen molar-refractivity contribution in [1.82, 2.24) is 20.6 Å². The summed E-state index contributed by atoms with van der Waals surface area (Å²) in [5.41, 5.74) is 22.2. The van der Waals surface area contributed by atoms with Crippen molar-refractivity contribution in [2.45, 2.75) is 25.7 Å². The van der Waals surface area contributed by atoms with E-state index in [0.29, 0.717) is 118 Å². The first-order valence-electron chi connectivity index (χ1n) is 14.4. The number of halogens is 2. The average Bonchev–Trinajstić information content (AvgIpc) is 2.98. The molecule has 0 saturated carbocycles. The Hall–Kier alpha value is -2.12. The van der Waals surface area contributed by atoms with Gasteiger partial charge < -0.3 is 62.0 Å². The molecule has 1 aromatic rings. The standard InChI is InChI=1S/C26H50N8O8.2ClH/c27-5-1-9-37-13-17-41-19-15-39-11-3-7-31-25(35)21-23(29)34-22(24(30)33-21)26(36)32-8-4-12-40-16-20-42-18-14-38-10-2-6-28;;/h1-20,27-28H2,(H2,30,33)(H2,29,34)(H,31,35)(H,32,36);2*1H. The fourth-order valence-electron chi connectivity index (χ4n) is 3.17. The van der Waals surface area contributed by atoms with Crippen molar-refractivity contribution in [1.29, 1.82) is 0 Å². The SMILES string of the molecule is Cl.Cl.NCCCOCCOCCOCCCNC(=O)c1nc(N)c(C(=O)NCCCOCCOCCOCCCN)nc1N. The molecule has 258 valence electrons. The molecule has 0 spiro atoms. The molecule has 0 unspecified atom stereocenters. The third-order valence-corrected chi connectivity index (χ3v) is 5.36. The van der Waals surface area contributed by atoms with Crippen LogP contribution in [0, 0.1) is 0 Å². The molecule has 0 aliphatic carbocycles. The van der Waals surface area contributed by atoms with Gasteiger partial charge in [0.05, 0.1) is 52.9 Å². The Bertz CT molecular complexity index is 797. The van der Waals surface area contributed by atoms with Crippen molar-refractivity contribution in [3.05, 3.63) is 11.4 Å². The number of anilines is 2. The Morgan fingerprint density at radius 3 is 1.07 bits per heavy atom. The topological polar surface area (TPSA) is 243 Å². The lowest BCUT2D eigenvalue weighted by molar-refractivity contribution is 0.0140. The molecule has 2 amide bonds. The maximum atomic E-state index is 12.4. The number of amides is 2. The zero-order chi connectivity index (χ0) is 30.7. The van der Waals surface area contributed by atoms with E-state index in [1.807, 2.05) is 0 Å². The van der Waals surface area contributed by atoms with Crippen LogP contribution in [0.5, 0.6) is 0 Å². The summed E-state index contributed by atoms with van der Waals surface area (Å²) >= 11 is 0. The second-order valence-electron chi connectivity index (χ2n) is 8.87. The zero-order valence-corrected chi connectivity index (χ0v) is 27.1. The van der Waals surface area contributed by atoms with Crippen LogP contribution in [-0.4, -0.2) is 127 Å². The molecule has 18 heteroatoms. The highest BCUT2D eigenvalue weighted by Gasteiger charge is 2.20. The van der Waals surface area contributed by atoms with Crippen LogP contribution in [0.15, 0.2) is 0 Å². The molecule has 0 saturated heterocycles. The molecule has 0 fully saturated rings. The van der Waals surface area contributed by atoms with E-state index >= 15 is 0 Å². The number of nitrogens with one attached hydrogen (secondary N) is 2. The van der Waals surface area contributed by atoms with E-state index in [9.17, 15) is 9.59 Å². The maximum absolute atomic E-state index is 12.4. The average molecular weight is 676 g/mol. The molecule has 10 N–H and O–H groups in total. The second kappa shape index (κ2) is 30.9. The smallest absolute Gasteiger partial charge is 0.273 e. The minimum Gasteiger partial charge on any atom is -0.382 e. The van der Waals surface area contributed by atoms with Gasteiger partial charge in [0.25, 0.3) is 11.8 Å². The van der Waals surface area contributed by atoms with Crippen molar-refractivity contribution in [2.75, 3.05) is 117 Å². The van der Waals surface area contributed by atoms with E-state index in [1.54, 1.807) is 0 Å². The van der Waals surface area contributed by atoms with E-state index in [1.165, 1.54) is 0 Å². The van der Waals surface area contributed by atoms with Gasteiger partial charge in [-0.15, -0.1) is 24.8 Å². The van der Waals surface area contributed by atoms with Crippen LogP contribution >= 0.6 is 24.8 Å². The van der Waals surface area contributed by atoms with Gasteiger partial charge in [-0.1, -0.05) is 0 Å². The fraction of sp³-hybridized carbons (Fsp3) is 0.769. The van der Waals surface area contributed by atoms with Crippen molar-refractivity contribution in [3.8, 4) is 0 Å².